The second-order valence-electron chi connectivity index (χ2n) is 4.73. The van der Waals surface area contributed by atoms with E-state index in [9.17, 15) is 14.4 Å². The van der Waals surface area contributed by atoms with Gasteiger partial charge in [0.15, 0.2) is 6.29 Å². The average molecular weight is 356 g/mol. The van der Waals surface area contributed by atoms with E-state index in [4.69, 9.17) is 0 Å². The van der Waals surface area contributed by atoms with Crippen LogP contribution in [0.4, 0.5) is 21.0 Å². The van der Waals surface area contributed by atoms with Crippen LogP contribution in [0, 0.1) is 0 Å². The van der Waals surface area contributed by atoms with Gasteiger partial charge in [0.25, 0.3) is 0 Å². The molecule has 0 saturated heterocycles. The first kappa shape index (κ1) is 20.4. The number of rotatable bonds is 4. The number of aldehydes is 1. The lowest BCUT2D eigenvalue weighted by Crippen LogP contribution is -2.12. The maximum Gasteiger partial charge on any atom is 0.411 e. The molecule has 2 aromatic carbocycles. The maximum absolute atomic E-state index is 10.9. The Morgan fingerprint density at radius 3 is 1.69 bits per heavy atom. The van der Waals surface area contributed by atoms with Crippen LogP contribution in [0.15, 0.2) is 55.1 Å². The Balaban J connectivity index is 0.000000260. The second-order valence-corrected chi connectivity index (χ2v) is 4.73. The third-order valence-electron chi connectivity index (χ3n) is 3.11. The highest BCUT2D eigenvalue weighted by Gasteiger charge is 2.04. The molecule has 0 aliphatic heterocycles. The molecule has 2 N–H and O–H groups in total. The Bertz CT molecular complexity index is 709. The smallest absolute Gasteiger partial charge is 0.411 e. The third-order valence-corrected chi connectivity index (χ3v) is 3.11. The fraction of sp³-hybridized carbons (Fsp3) is 0.105. The van der Waals surface area contributed by atoms with Gasteiger partial charge in [-0.3, -0.25) is 15.4 Å². The Labute approximate surface area is 151 Å². The summed E-state index contributed by atoms with van der Waals surface area (Å²) in [5, 5.41) is 5.00. The molecule has 2 aromatic rings. The predicted octanol–water partition coefficient (Wildman–Crippen LogP) is 4.19. The van der Waals surface area contributed by atoms with E-state index in [-0.39, 0.29) is 0 Å². The molecule has 0 radical (unpaired) electrons. The Kier molecular flexibility index (Phi) is 8.67. The number of para-hydroxylation sites is 2. The quantitative estimate of drug-likeness (QED) is 0.801. The number of hydrogen-bond donors (Lipinski definition) is 2. The largest absolute Gasteiger partial charge is 0.453 e. The summed E-state index contributed by atoms with van der Waals surface area (Å²) in [6.45, 7) is 3.63. The number of nitrogens with one attached hydrogen (secondary N) is 2. The number of amides is 2. The van der Waals surface area contributed by atoms with Gasteiger partial charge in [-0.1, -0.05) is 43.0 Å². The molecular weight excluding hydrogens is 336 g/mol. The number of carbonyl (C=O) groups is 3. The van der Waals surface area contributed by atoms with Gasteiger partial charge < -0.3 is 9.47 Å². The first-order valence-electron chi connectivity index (χ1n) is 7.51. The molecule has 2 rings (SSSR count). The summed E-state index contributed by atoms with van der Waals surface area (Å²) in [4.78, 5) is 32.2. The summed E-state index contributed by atoms with van der Waals surface area (Å²) < 4.78 is 8.86. The highest BCUT2D eigenvalue weighted by molar-refractivity contribution is 5.92. The van der Waals surface area contributed by atoms with Crippen molar-refractivity contribution in [3.05, 3.63) is 66.2 Å². The summed E-state index contributed by atoms with van der Waals surface area (Å²) in [6.07, 6.45) is 1.28. The van der Waals surface area contributed by atoms with Crippen LogP contribution >= 0.6 is 0 Å². The first-order valence-corrected chi connectivity index (χ1v) is 7.51. The number of methoxy groups -OCH3 is 2. The fourth-order valence-electron chi connectivity index (χ4n) is 1.82. The second kappa shape index (κ2) is 11.0. The Morgan fingerprint density at radius 2 is 1.27 bits per heavy atom. The van der Waals surface area contributed by atoms with Crippen LogP contribution in [0.2, 0.25) is 0 Å². The van der Waals surface area contributed by atoms with Crippen molar-refractivity contribution in [2.45, 2.75) is 0 Å². The number of hydrogen-bond acceptors (Lipinski definition) is 5. The van der Waals surface area contributed by atoms with Gasteiger partial charge in [-0.2, -0.15) is 0 Å². The van der Waals surface area contributed by atoms with E-state index < -0.39 is 12.2 Å². The number of carbonyl (C=O) groups excluding carboxylic acids is 3. The summed E-state index contributed by atoms with van der Waals surface area (Å²) in [6, 6.07) is 14.0. The number of benzene rings is 2. The molecule has 0 atom stereocenters. The van der Waals surface area contributed by atoms with Crippen LogP contribution in [0.25, 0.3) is 6.08 Å². The molecule has 0 unspecified atom stereocenters. The lowest BCUT2D eigenvalue weighted by molar-refractivity contribution is 0.112. The molecule has 0 fully saturated rings. The summed E-state index contributed by atoms with van der Waals surface area (Å²) in [7, 11) is 2.59. The van der Waals surface area contributed by atoms with E-state index in [1.165, 1.54) is 14.2 Å². The maximum atomic E-state index is 10.9. The summed E-state index contributed by atoms with van der Waals surface area (Å²) in [5.41, 5.74) is 2.44. The van der Waals surface area contributed by atoms with Crippen LogP contribution in [0.5, 0.6) is 0 Å². The van der Waals surface area contributed by atoms with Gasteiger partial charge in [0.05, 0.1) is 25.6 Å². The van der Waals surface area contributed by atoms with E-state index in [2.05, 4.69) is 26.7 Å². The molecular formula is C19H20N2O5. The summed E-state index contributed by atoms with van der Waals surface area (Å²) in [5.74, 6) is 0. The van der Waals surface area contributed by atoms with Crippen LogP contribution < -0.4 is 10.6 Å². The Morgan fingerprint density at radius 1 is 0.846 bits per heavy atom. The molecule has 0 saturated carbocycles. The molecule has 0 bridgehead atoms. The first-order chi connectivity index (χ1) is 12.5. The number of ether oxygens (including phenoxy) is 2. The molecule has 0 aliphatic carbocycles. The zero-order valence-corrected chi connectivity index (χ0v) is 14.5. The van der Waals surface area contributed by atoms with Gasteiger partial charge in [0, 0.05) is 5.56 Å². The molecule has 0 heterocycles. The molecule has 0 spiro atoms. The third kappa shape index (κ3) is 6.48. The molecule has 0 aliphatic rings. The van der Waals surface area contributed by atoms with Gasteiger partial charge in [-0.05, 0) is 23.8 Å². The van der Waals surface area contributed by atoms with Gasteiger partial charge >= 0.3 is 12.2 Å². The lowest BCUT2D eigenvalue weighted by atomic mass is 10.2. The minimum Gasteiger partial charge on any atom is -0.453 e. The normalized spacial score (nSPS) is 9.00. The molecule has 7 nitrogen and oxygen atoms in total. The van der Waals surface area contributed by atoms with Crippen LogP contribution in [0.1, 0.15) is 15.9 Å². The van der Waals surface area contributed by atoms with Crippen molar-refractivity contribution in [2.24, 2.45) is 0 Å². The van der Waals surface area contributed by atoms with Crippen molar-refractivity contribution in [3.63, 3.8) is 0 Å². The van der Waals surface area contributed by atoms with E-state index in [1.807, 2.05) is 18.2 Å². The van der Waals surface area contributed by atoms with Gasteiger partial charge in [-0.15, -0.1) is 0 Å². The van der Waals surface area contributed by atoms with Gasteiger partial charge in [0.1, 0.15) is 0 Å². The van der Waals surface area contributed by atoms with E-state index in [0.717, 1.165) is 5.56 Å². The van der Waals surface area contributed by atoms with E-state index in [1.54, 1.807) is 36.4 Å². The highest BCUT2D eigenvalue weighted by Crippen LogP contribution is 2.15. The van der Waals surface area contributed by atoms with Crippen molar-refractivity contribution < 1.29 is 23.9 Å². The average Bonchev–Trinajstić information content (AvgIpc) is 2.69. The van der Waals surface area contributed by atoms with Crippen molar-refractivity contribution in [2.75, 3.05) is 24.9 Å². The van der Waals surface area contributed by atoms with Crippen molar-refractivity contribution >= 4 is 35.9 Å². The zero-order valence-electron chi connectivity index (χ0n) is 14.5. The van der Waals surface area contributed by atoms with Gasteiger partial charge in [0.2, 0.25) is 0 Å². The van der Waals surface area contributed by atoms with E-state index in [0.29, 0.717) is 23.2 Å². The SMILES string of the molecule is C=Cc1ccccc1NC(=O)OC.COC(=O)Nc1ccccc1C=O. The van der Waals surface area contributed by atoms with Crippen LogP contribution in [0.3, 0.4) is 0 Å². The zero-order chi connectivity index (χ0) is 19.4. The van der Waals surface area contributed by atoms with Crippen LogP contribution in [-0.4, -0.2) is 32.7 Å². The molecule has 2 amide bonds. The minimum absolute atomic E-state index is 0.424. The van der Waals surface area contributed by atoms with Gasteiger partial charge in [-0.25, -0.2) is 9.59 Å². The highest BCUT2D eigenvalue weighted by atomic mass is 16.5. The lowest BCUT2D eigenvalue weighted by Gasteiger charge is -2.06. The standard InChI is InChI=1S/C10H11NO2.C9H9NO3/c1-3-8-6-4-5-7-9(8)11-10(12)13-2;1-13-9(12)10-8-5-3-2-4-7(8)6-11/h3-7H,1H2,2H3,(H,11,12);2-6H,1H3,(H,10,12). The van der Waals surface area contributed by atoms with Crippen molar-refractivity contribution in [1.29, 1.82) is 0 Å². The minimum atomic E-state index is -0.589. The fourth-order valence-corrected chi connectivity index (χ4v) is 1.82. The molecule has 0 aromatic heterocycles. The topological polar surface area (TPSA) is 93.7 Å². The van der Waals surface area contributed by atoms with Crippen molar-refractivity contribution in [1.82, 2.24) is 0 Å². The summed E-state index contributed by atoms with van der Waals surface area (Å²) >= 11 is 0. The van der Waals surface area contributed by atoms with E-state index >= 15 is 0 Å². The monoisotopic (exact) mass is 356 g/mol. The molecule has 136 valence electrons. The molecule has 7 heteroatoms. The van der Waals surface area contributed by atoms with Crippen LogP contribution in [-0.2, 0) is 9.47 Å². The van der Waals surface area contributed by atoms with Crippen molar-refractivity contribution in [3.8, 4) is 0 Å². The predicted molar refractivity (Wildman–Crippen MR) is 100 cm³/mol. The molecule has 26 heavy (non-hydrogen) atoms. The Hall–Kier alpha value is -3.61. The number of anilines is 2.